The fraction of sp³-hybridized carbons (Fsp3) is 0.476. The summed E-state index contributed by atoms with van der Waals surface area (Å²) < 4.78 is 20.5. The van der Waals surface area contributed by atoms with E-state index in [2.05, 4.69) is 20.5 Å². The lowest BCUT2D eigenvalue weighted by Crippen LogP contribution is -2.61. The molecule has 0 aliphatic carbocycles. The number of oxazole rings is 1. The van der Waals surface area contributed by atoms with Gasteiger partial charge in [0.25, 0.3) is 0 Å². The molecule has 2 aromatic heterocycles. The minimum atomic E-state index is -0.931. The highest BCUT2D eigenvalue weighted by Crippen LogP contribution is 2.34. The van der Waals surface area contributed by atoms with Crippen LogP contribution in [0.5, 0.6) is 5.75 Å². The Balaban J connectivity index is 1.41. The molecule has 0 saturated carbocycles. The van der Waals surface area contributed by atoms with E-state index in [-0.39, 0.29) is 17.8 Å². The number of aromatic hydroxyl groups is 1. The van der Waals surface area contributed by atoms with Crippen LogP contribution >= 0.6 is 0 Å². The number of alkyl halides is 1. The van der Waals surface area contributed by atoms with Crippen LogP contribution in [0.1, 0.15) is 31.6 Å². The predicted molar refractivity (Wildman–Crippen MR) is 108 cm³/mol. The molecular formula is C21H24FN5O2. The topological polar surface area (TPSA) is 87.3 Å². The Labute approximate surface area is 167 Å². The number of rotatable bonds is 3. The zero-order valence-electron chi connectivity index (χ0n) is 16.5. The fourth-order valence-corrected chi connectivity index (χ4v) is 4.66. The van der Waals surface area contributed by atoms with Gasteiger partial charge in [0, 0.05) is 37.7 Å². The standard InChI is InChI=1S/C21H24FN5O2/c1-11-23-16-10-18(28)13(9-19(16)29-11)14-6-7-20(26-25-14)27(2)17-8-12-4-3-5-15(24-12)21(17)22/h6-7,9-10,12,15,17,21,24,28H,3-5,8H2,1-2H3/t12-,15+,17-,21+/m1/s1. The molecule has 1 aromatic carbocycles. The lowest BCUT2D eigenvalue weighted by Gasteiger charge is -2.46. The van der Waals surface area contributed by atoms with Crippen molar-refractivity contribution in [1.82, 2.24) is 20.5 Å². The number of benzene rings is 1. The van der Waals surface area contributed by atoms with Gasteiger partial charge in [0.1, 0.15) is 17.4 Å². The lowest BCUT2D eigenvalue weighted by atomic mass is 9.82. The van der Waals surface area contributed by atoms with Gasteiger partial charge in [-0.05, 0) is 37.5 Å². The molecule has 3 aromatic rings. The third-order valence-corrected chi connectivity index (χ3v) is 6.19. The van der Waals surface area contributed by atoms with Gasteiger partial charge in [0.2, 0.25) is 0 Å². The molecule has 29 heavy (non-hydrogen) atoms. The maximum absolute atomic E-state index is 15.0. The lowest BCUT2D eigenvalue weighted by molar-refractivity contribution is 0.107. The van der Waals surface area contributed by atoms with Gasteiger partial charge in [0.15, 0.2) is 17.3 Å². The molecule has 2 aliphatic rings. The van der Waals surface area contributed by atoms with Crippen molar-refractivity contribution in [2.75, 3.05) is 11.9 Å². The van der Waals surface area contributed by atoms with Crippen molar-refractivity contribution in [2.45, 2.75) is 56.9 Å². The number of phenols is 1. The first-order valence-corrected chi connectivity index (χ1v) is 10.1. The molecule has 2 bridgehead atoms. The van der Waals surface area contributed by atoms with Crippen molar-refractivity contribution in [1.29, 1.82) is 0 Å². The third-order valence-electron chi connectivity index (χ3n) is 6.19. The van der Waals surface area contributed by atoms with Crippen molar-refractivity contribution in [3.05, 3.63) is 30.2 Å². The number of nitrogens with one attached hydrogen (secondary N) is 1. The monoisotopic (exact) mass is 397 g/mol. The molecule has 0 spiro atoms. The van der Waals surface area contributed by atoms with Crippen LogP contribution in [0.25, 0.3) is 22.4 Å². The summed E-state index contributed by atoms with van der Waals surface area (Å²) >= 11 is 0. The summed E-state index contributed by atoms with van der Waals surface area (Å²) in [5.41, 5.74) is 2.23. The Morgan fingerprint density at radius 3 is 2.90 bits per heavy atom. The van der Waals surface area contributed by atoms with E-state index in [4.69, 9.17) is 4.42 Å². The highest BCUT2D eigenvalue weighted by atomic mass is 19.1. The average molecular weight is 397 g/mol. The molecule has 0 unspecified atom stereocenters. The van der Waals surface area contributed by atoms with Gasteiger partial charge >= 0.3 is 0 Å². The molecule has 2 saturated heterocycles. The van der Waals surface area contributed by atoms with Gasteiger partial charge in [-0.1, -0.05) is 6.42 Å². The van der Waals surface area contributed by atoms with Gasteiger partial charge in [-0.3, -0.25) is 0 Å². The summed E-state index contributed by atoms with van der Waals surface area (Å²) in [6.07, 6.45) is 2.90. The molecule has 2 N–H and O–H groups in total. The molecule has 152 valence electrons. The minimum absolute atomic E-state index is 0.0659. The zero-order chi connectivity index (χ0) is 20.1. The minimum Gasteiger partial charge on any atom is -0.507 e. The van der Waals surface area contributed by atoms with E-state index >= 15 is 4.39 Å². The first-order chi connectivity index (χ1) is 14.0. The van der Waals surface area contributed by atoms with Crippen LogP contribution in [-0.2, 0) is 0 Å². The molecule has 0 radical (unpaired) electrons. The fourth-order valence-electron chi connectivity index (χ4n) is 4.66. The van der Waals surface area contributed by atoms with E-state index in [0.29, 0.717) is 40.1 Å². The van der Waals surface area contributed by atoms with Crippen LogP contribution in [0.4, 0.5) is 10.2 Å². The van der Waals surface area contributed by atoms with Gasteiger partial charge in [-0.25, -0.2) is 9.37 Å². The summed E-state index contributed by atoms with van der Waals surface area (Å²) in [6, 6.07) is 6.97. The van der Waals surface area contributed by atoms with Crippen LogP contribution in [0.2, 0.25) is 0 Å². The summed E-state index contributed by atoms with van der Waals surface area (Å²) in [5, 5.41) is 22.4. The number of anilines is 1. The molecule has 8 heteroatoms. The second kappa shape index (κ2) is 6.95. The van der Waals surface area contributed by atoms with Gasteiger partial charge < -0.3 is 19.7 Å². The third kappa shape index (κ3) is 3.21. The Bertz CT molecular complexity index is 1040. The number of phenolic OH excluding ortho intramolecular Hbond substituents is 1. The first kappa shape index (κ1) is 18.3. The smallest absolute Gasteiger partial charge is 0.192 e. The maximum atomic E-state index is 15.0. The van der Waals surface area contributed by atoms with E-state index in [0.717, 1.165) is 25.7 Å². The number of halogens is 1. The normalized spacial score (nSPS) is 26.6. The molecular weight excluding hydrogens is 373 g/mol. The van der Waals surface area contributed by atoms with Crippen molar-refractivity contribution >= 4 is 16.9 Å². The first-order valence-electron chi connectivity index (χ1n) is 10.1. The quantitative estimate of drug-likeness (QED) is 0.701. The van der Waals surface area contributed by atoms with Crippen molar-refractivity contribution < 1.29 is 13.9 Å². The van der Waals surface area contributed by atoms with Crippen LogP contribution in [0, 0.1) is 6.92 Å². The van der Waals surface area contributed by atoms with Crippen molar-refractivity contribution in [3.8, 4) is 17.0 Å². The van der Waals surface area contributed by atoms with Gasteiger partial charge in [-0.15, -0.1) is 10.2 Å². The zero-order valence-corrected chi connectivity index (χ0v) is 16.5. The van der Waals surface area contributed by atoms with E-state index in [1.165, 1.54) is 0 Å². The predicted octanol–water partition coefficient (Wildman–Crippen LogP) is 3.36. The van der Waals surface area contributed by atoms with Crippen molar-refractivity contribution in [3.63, 3.8) is 0 Å². The largest absolute Gasteiger partial charge is 0.507 e. The Hall–Kier alpha value is -2.74. The molecule has 4 atom stereocenters. The highest BCUT2D eigenvalue weighted by Gasteiger charge is 2.41. The number of piperidine rings is 2. The van der Waals surface area contributed by atoms with Crippen LogP contribution in [0.15, 0.2) is 28.7 Å². The molecule has 5 rings (SSSR count). The number of hydrogen-bond acceptors (Lipinski definition) is 7. The molecule has 0 amide bonds. The number of fused-ring (bicyclic) bond motifs is 3. The van der Waals surface area contributed by atoms with E-state index < -0.39 is 6.17 Å². The van der Waals surface area contributed by atoms with Crippen LogP contribution in [0.3, 0.4) is 0 Å². The summed E-state index contributed by atoms with van der Waals surface area (Å²) in [4.78, 5) is 6.12. The van der Waals surface area contributed by atoms with Crippen molar-refractivity contribution in [2.24, 2.45) is 0 Å². The molecule has 2 fully saturated rings. The summed E-state index contributed by atoms with van der Waals surface area (Å²) in [5.74, 6) is 1.22. The van der Waals surface area contributed by atoms with Gasteiger partial charge in [0.05, 0.1) is 11.7 Å². The van der Waals surface area contributed by atoms with Gasteiger partial charge in [-0.2, -0.15) is 0 Å². The molecule has 2 aliphatic heterocycles. The number of nitrogens with zero attached hydrogens (tertiary/aromatic N) is 4. The number of aromatic nitrogens is 3. The van der Waals surface area contributed by atoms with Crippen LogP contribution < -0.4 is 10.2 Å². The highest BCUT2D eigenvalue weighted by molar-refractivity contribution is 5.83. The maximum Gasteiger partial charge on any atom is 0.192 e. The molecule has 4 heterocycles. The number of aryl methyl sites for hydroxylation is 1. The Morgan fingerprint density at radius 1 is 1.24 bits per heavy atom. The average Bonchev–Trinajstić information content (AvgIpc) is 3.09. The second-order valence-corrected chi connectivity index (χ2v) is 8.11. The second-order valence-electron chi connectivity index (χ2n) is 8.11. The summed E-state index contributed by atoms with van der Waals surface area (Å²) in [6.45, 7) is 1.76. The number of hydrogen-bond donors (Lipinski definition) is 2. The molecule has 7 nitrogen and oxygen atoms in total. The Kier molecular flexibility index (Phi) is 4.38. The van der Waals surface area contributed by atoms with E-state index in [9.17, 15) is 5.11 Å². The summed E-state index contributed by atoms with van der Waals surface area (Å²) in [7, 11) is 1.88. The van der Waals surface area contributed by atoms with Crippen LogP contribution in [-0.4, -0.2) is 51.6 Å². The van der Waals surface area contributed by atoms with E-state index in [1.54, 1.807) is 25.1 Å². The van der Waals surface area contributed by atoms with E-state index in [1.807, 2.05) is 18.0 Å². The SMILES string of the molecule is Cc1nc2cc(O)c(-c3ccc(N(C)[C@@H]4C[C@H]5CCC[C@H](N5)[C@@H]4F)nn3)cc2o1. The Morgan fingerprint density at radius 2 is 2.10 bits per heavy atom.